The van der Waals surface area contributed by atoms with E-state index in [1.54, 1.807) is 18.2 Å². The molecule has 3 N–H and O–H groups in total. The molecule has 3 amide bonds. The Bertz CT molecular complexity index is 878. The first kappa shape index (κ1) is 20.3. The van der Waals surface area contributed by atoms with Crippen molar-refractivity contribution in [1.82, 2.24) is 0 Å². The van der Waals surface area contributed by atoms with Crippen molar-refractivity contribution in [1.29, 1.82) is 0 Å². The maximum atomic E-state index is 12.7. The minimum atomic E-state index is -0.436. The molecule has 0 saturated carbocycles. The van der Waals surface area contributed by atoms with Crippen LogP contribution < -0.4 is 20.7 Å². The van der Waals surface area contributed by atoms with Crippen molar-refractivity contribution in [3.8, 4) is 5.75 Å². The molecule has 142 valence electrons. The fourth-order valence-electron chi connectivity index (χ4n) is 2.43. The van der Waals surface area contributed by atoms with Gasteiger partial charge in [0, 0.05) is 41.9 Å². The summed E-state index contributed by atoms with van der Waals surface area (Å²) in [5.41, 5.74) is 2.25. The van der Waals surface area contributed by atoms with E-state index in [4.69, 9.17) is 16.3 Å². The van der Waals surface area contributed by atoms with Crippen molar-refractivity contribution in [3.05, 3.63) is 46.5 Å². The summed E-state index contributed by atoms with van der Waals surface area (Å²) >= 11 is 6.08. The lowest BCUT2D eigenvalue weighted by atomic mass is 10.1. The van der Waals surface area contributed by atoms with Crippen LogP contribution in [0.5, 0.6) is 5.75 Å². The number of hydrogen-bond donors (Lipinski definition) is 3. The maximum Gasteiger partial charge on any atom is 0.255 e. The highest BCUT2D eigenvalue weighted by Gasteiger charge is 2.14. The van der Waals surface area contributed by atoms with Gasteiger partial charge in [-0.1, -0.05) is 11.6 Å². The van der Waals surface area contributed by atoms with E-state index in [1.807, 2.05) is 6.92 Å². The Morgan fingerprint density at radius 1 is 0.889 bits per heavy atom. The van der Waals surface area contributed by atoms with Crippen LogP contribution in [0.1, 0.15) is 29.8 Å². The first-order valence-corrected chi connectivity index (χ1v) is 8.43. The standard InChI is InChI=1S/C19H20ClN3O4/c1-10-5-17(18(27-4)9-16(10)20)23-19(26)13-6-14(21-11(2)24)8-15(7-13)22-12(3)25/h5-9H,1-4H3,(H,21,24)(H,22,25)(H,23,26). The number of ether oxygens (including phenoxy) is 1. The van der Waals surface area contributed by atoms with Crippen molar-refractivity contribution in [2.45, 2.75) is 20.8 Å². The fraction of sp³-hybridized carbons (Fsp3) is 0.211. The molecule has 0 aliphatic rings. The Balaban J connectivity index is 2.38. The molecule has 0 radical (unpaired) electrons. The Labute approximate surface area is 162 Å². The zero-order valence-electron chi connectivity index (χ0n) is 15.4. The normalized spacial score (nSPS) is 10.1. The van der Waals surface area contributed by atoms with Crippen LogP contribution in [0.15, 0.2) is 30.3 Å². The minimum Gasteiger partial charge on any atom is -0.495 e. The average molecular weight is 390 g/mol. The number of methoxy groups -OCH3 is 1. The molecule has 0 fully saturated rings. The van der Waals surface area contributed by atoms with Crippen molar-refractivity contribution in [3.63, 3.8) is 0 Å². The van der Waals surface area contributed by atoms with Gasteiger partial charge in [0.15, 0.2) is 0 Å². The van der Waals surface area contributed by atoms with Gasteiger partial charge in [-0.25, -0.2) is 0 Å². The highest BCUT2D eigenvalue weighted by atomic mass is 35.5. The molecular weight excluding hydrogens is 370 g/mol. The Hall–Kier alpha value is -3.06. The number of nitrogens with one attached hydrogen (secondary N) is 3. The predicted octanol–water partition coefficient (Wildman–Crippen LogP) is 3.83. The van der Waals surface area contributed by atoms with E-state index in [1.165, 1.54) is 33.1 Å². The Morgan fingerprint density at radius 2 is 1.44 bits per heavy atom. The third-order valence-corrected chi connectivity index (χ3v) is 3.97. The molecule has 0 aliphatic heterocycles. The summed E-state index contributed by atoms with van der Waals surface area (Å²) in [5.74, 6) is -0.611. The number of hydrogen-bond acceptors (Lipinski definition) is 4. The predicted molar refractivity (Wildman–Crippen MR) is 106 cm³/mol. The molecule has 2 rings (SSSR count). The molecule has 2 aromatic carbocycles. The topological polar surface area (TPSA) is 96.5 Å². The molecule has 0 aromatic heterocycles. The Kier molecular flexibility index (Phi) is 6.41. The summed E-state index contributed by atoms with van der Waals surface area (Å²) in [5, 5.41) is 8.49. The molecule has 0 unspecified atom stereocenters. The largest absolute Gasteiger partial charge is 0.495 e. The van der Waals surface area contributed by atoms with Gasteiger partial charge in [0.25, 0.3) is 5.91 Å². The first-order chi connectivity index (χ1) is 12.7. The van der Waals surface area contributed by atoms with E-state index in [9.17, 15) is 14.4 Å². The van der Waals surface area contributed by atoms with Gasteiger partial charge in [-0.05, 0) is 36.8 Å². The van der Waals surface area contributed by atoms with Crippen LogP contribution in [0.4, 0.5) is 17.1 Å². The summed E-state index contributed by atoms with van der Waals surface area (Å²) in [7, 11) is 1.48. The number of rotatable bonds is 5. The molecule has 7 nitrogen and oxygen atoms in total. The number of carbonyl (C=O) groups excluding carboxylic acids is 3. The highest BCUT2D eigenvalue weighted by Crippen LogP contribution is 2.31. The van der Waals surface area contributed by atoms with Gasteiger partial charge in [0.2, 0.25) is 11.8 Å². The molecule has 0 aliphatic carbocycles. The number of benzene rings is 2. The summed E-state index contributed by atoms with van der Waals surface area (Å²) in [6.45, 7) is 4.52. The van der Waals surface area contributed by atoms with Gasteiger partial charge in [-0.3, -0.25) is 14.4 Å². The first-order valence-electron chi connectivity index (χ1n) is 8.05. The monoisotopic (exact) mass is 389 g/mol. The van der Waals surface area contributed by atoms with Gasteiger partial charge in [0.1, 0.15) is 5.75 Å². The van der Waals surface area contributed by atoms with Gasteiger partial charge >= 0.3 is 0 Å². The summed E-state index contributed by atoms with van der Waals surface area (Å²) in [4.78, 5) is 35.4. The molecule has 0 saturated heterocycles. The number of aryl methyl sites for hydroxylation is 1. The fourth-order valence-corrected chi connectivity index (χ4v) is 2.59. The van der Waals surface area contributed by atoms with Crippen LogP contribution in [0.2, 0.25) is 5.02 Å². The lowest BCUT2D eigenvalue weighted by molar-refractivity contribution is -0.115. The van der Waals surface area contributed by atoms with Gasteiger partial charge in [-0.2, -0.15) is 0 Å². The van der Waals surface area contributed by atoms with Gasteiger partial charge < -0.3 is 20.7 Å². The second kappa shape index (κ2) is 8.55. The smallest absolute Gasteiger partial charge is 0.255 e. The lowest BCUT2D eigenvalue weighted by Crippen LogP contribution is -2.15. The van der Waals surface area contributed by atoms with E-state index < -0.39 is 5.91 Å². The molecule has 2 aromatic rings. The quantitative estimate of drug-likeness (QED) is 0.724. The van der Waals surface area contributed by atoms with Crippen molar-refractivity contribution in [2.24, 2.45) is 0 Å². The zero-order chi connectivity index (χ0) is 20.1. The van der Waals surface area contributed by atoms with E-state index in [2.05, 4.69) is 16.0 Å². The van der Waals surface area contributed by atoms with E-state index >= 15 is 0 Å². The number of carbonyl (C=O) groups is 3. The Morgan fingerprint density at radius 3 is 1.93 bits per heavy atom. The summed E-state index contributed by atoms with van der Waals surface area (Å²) in [6.07, 6.45) is 0. The van der Waals surface area contributed by atoms with E-state index in [0.29, 0.717) is 27.8 Å². The minimum absolute atomic E-state index is 0.250. The summed E-state index contributed by atoms with van der Waals surface area (Å²) < 4.78 is 5.26. The van der Waals surface area contributed by atoms with Crippen molar-refractivity contribution < 1.29 is 19.1 Å². The summed E-state index contributed by atoms with van der Waals surface area (Å²) in [6, 6.07) is 7.90. The second-order valence-corrected chi connectivity index (χ2v) is 6.32. The van der Waals surface area contributed by atoms with Gasteiger partial charge in [-0.15, -0.1) is 0 Å². The molecule has 0 atom stereocenters. The van der Waals surface area contributed by atoms with E-state index in [0.717, 1.165) is 5.56 Å². The average Bonchev–Trinajstić information content (AvgIpc) is 2.56. The lowest BCUT2D eigenvalue weighted by Gasteiger charge is -2.14. The second-order valence-electron chi connectivity index (χ2n) is 5.92. The number of anilines is 3. The SMILES string of the molecule is COc1cc(Cl)c(C)cc1NC(=O)c1cc(NC(C)=O)cc(NC(C)=O)c1. The number of halogens is 1. The zero-order valence-corrected chi connectivity index (χ0v) is 16.2. The van der Waals surface area contributed by atoms with Crippen LogP contribution in [-0.2, 0) is 9.59 Å². The van der Waals surface area contributed by atoms with Crippen LogP contribution >= 0.6 is 11.6 Å². The van der Waals surface area contributed by atoms with Crippen LogP contribution in [0.25, 0.3) is 0 Å². The van der Waals surface area contributed by atoms with Crippen LogP contribution in [-0.4, -0.2) is 24.8 Å². The molecule has 27 heavy (non-hydrogen) atoms. The third-order valence-electron chi connectivity index (χ3n) is 3.56. The molecule has 8 heteroatoms. The molecular formula is C19H20ClN3O4. The third kappa shape index (κ3) is 5.46. The van der Waals surface area contributed by atoms with E-state index in [-0.39, 0.29) is 17.4 Å². The van der Waals surface area contributed by atoms with Crippen LogP contribution in [0.3, 0.4) is 0 Å². The van der Waals surface area contributed by atoms with Crippen molar-refractivity contribution in [2.75, 3.05) is 23.1 Å². The molecule has 0 heterocycles. The van der Waals surface area contributed by atoms with Crippen molar-refractivity contribution >= 4 is 46.4 Å². The van der Waals surface area contributed by atoms with Crippen LogP contribution in [0, 0.1) is 6.92 Å². The molecule has 0 spiro atoms. The van der Waals surface area contributed by atoms with Gasteiger partial charge in [0.05, 0.1) is 12.8 Å². The number of amides is 3. The molecule has 0 bridgehead atoms. The highest BCUT2D eigenvalue weighted by molar-refractivity contribution is 6.31. The maximum absolute atomic E-state index is 12.7.